The summed E-state index contributed by atoms with van der Waals surface area (Å²) in [4.78, 5) is 23.0. The molecule has 0 bridgehead atoms. The van der Waals surface area contributed by atoms with Crippen LogP contribution in [0.2, 0.25) is 0 Å². The maximum Gasteiger partial charge on any atom is 0.277 e. The highest BCUT2D eigenvalue weighted by molar-refractivity contribution is 6.11. The molecule has 2 aliphatic rings. The fourth-order valence-corrected chi connectivity index (χ4v) is 4.51. The largest absolute Gasteiger partial charge is 0.345 e. The number of rotatable bonds is 3. The van der Waals surface area contributed by atoms with E-state index in [1.165, 1.54) is 5.56 Å². The van der Waals surface area contributed by atoms with Gasteiger partial charge in [0.1, 0.15) is 5.69 Å². The summed E-state index contributed by atoms with van der Waals surface area (Å²) in [5, 5.41) is 4.76. The van der Waals surface area contributed by atoms with E-state index in [4.69, 9.17) is 5.10 Å². The Bertz CT molecular complexity index is 1260. The molecule has 2 aromatic heterocycles. The first kappa shape index (κ1) is 19.5. The van der Waals surface area contributed by atoms with Crippen LogP contribution in [-0.2, 0) is 7.05 Å². The lowest BCUT2D eigenvalue weighted by Gasteiger charge is -2.26. The molecule has 1 aliphatic carbocycles. The maximum atomic E-state index is 13.6. The van der Waals surface area contributed by atoms with E-state index >= 15 is 0 Å². The van der Waals surface area contributed by atoms with E-state index in [9.17, 15) is 4.79 Å². The molecule has 6 heteroatoms. The van der Waals surface area contributed by atoms with Gasteiger partial charge in [-0.15, -0.1) is 0 Å². The Hall–Kier alpha value is -3.41. The fourth-order valence-electron chi connectivity index (χ4n) is 4.51. The van der Waals surface area contributed by atoms with E-state index in [2.05, 4.69) is 41.2 Å². The minimum absolute atomic E-state index is 0.00587. The van der Waals surface area contributed by atoms with Gasteiger partial charge in [-0.25, -0.2) is 4.98 Å². The van der Waals surface area contributed by atoms with Crippen LogP contribution in [0, 0.1) is 6.92 Å². The van der Waals surface area contributed by atoms with Crippen LogP contribution in [0.25, 0.3) is 11.0 Å². The lowest BCUT2D eigenvalue weighted by molar-refractivity contribution is 0.0985. The molecule has 1 atom stereocenters. The monoisotopic (exact) mass is 413 g/mol. The van der Waals surface area contributed by atoms with Gasteiger partial charge in [-0.1, -0.05) is 43.7 Å². The number of hydrogen-bond acceptors (Lipinski definition) is 3. The van der Waals surface area contributed by atoms with Crippen LogP contribution in [0.1, 0.15) is 71.5 Å². The Morgan fingerprint density at radius 2 is 1.81 bits per heavy atom. The maximum absolute atomic E-state index is 13.6. The Kier molecular flexibility index (Phi) is 4.65. The van der Waals surface area contributed by atoms with Crippen molar-refractivity contribution < 1.29 is 4.79 Å². The summed E-state index contributed by atoms with van der Waals surface area (Å²) in [5.74, 6) is 0.479. The number of nitrogens with zero attached hydrogens (tertiary/aromatic N) is 4. The van der Waals surface area contributed by atoms with Crippen LogP contribution in [-0.4, -0.2) is 25.7 Å². The lowest BCUT2D eigenvalue weighted by atomic mass is 9.96. The molecule has 0 spiro atoms. The zero-order chi connectivity index (χ0) is 21.7. The van der Waals surface area contributed by atoms with Crippen molar-refractivity contribution in [2.75, 3.05) is 4.90 Å². The number of aryl methyl sites for hydroxylation is 2. The van der Waals surface area contributed by atoms with Gasteiger partial charge in [0.15, 0.2) is 0 Å². The average molecular weight is 414 g/mol. The van der Waals surface area contributed by atoms with E-state index in [1.807, 2.05) is 44.0 Å². The van der Waals surface area contributed by atoms with Crippen molar-refractivity contribution in [2.45, 2.75) is 45.6 Å². The van der Waals surface area contributed by atoms with E-state index in [0.717, 1.165) is 46.4 Å². The van der Waals surface area contributed by atoms with Crippen LogP contribution in [0.3, 0.4) is 0 Å². The van der Waals surface area contributed by atoms with Gasteiger partial charge in [-0.3, -0.25) is 14.4 Å². The third kappa shape index (κ3) is 3.05. The molecule has 6 rings (SSSR count). The van der Waals surface area contributed by atoms with Crippen molar-refractivity contribution in [3.8, 4) is 0 Å². The van der Waals surface area contributed by atoms with Gasteiger partial charge >= 0.3 is 0 Å². The third-order valence-corrected chi connectivity index (χ3v) is 6.10. The minimum atomic E-state index is -0.164. The molecule has 1 unspecified atom stereocenters. The molecule has 1 aliphatic heterocycles. The number of carbonyl (C=O) groups is 1. The molecule has 1 amide bonds. The number of aromatic amines is 1. The minimum Gasteiger partial charge on any atom is -0.345 e. The summed E-state index contributed by atoms with van der Waals surface area (Å²) in [7, 11) is 1.89. The molecular weight excluding hydrogens is 386 g/mol. The van der Waals surface area contributed by atoms with Crippen molar-refractivity contribution in [1.82, 2.24) is 19.7 Å². The molecule has 0 saturated heterocycles. The molecule has 0 radical (unpaired) electrons. The lowest BCUT2D eigenvalue weighted by Crippen LogP contribution is -2.30. The predicted molar refractivity (Wildman–Crippen MR) is 122 cm³/mol. The molecule has 6 nitrogen and oxygen atoms in total. The van der Waals surface area contributed by atoms with E-state index in [0.29, 0.717) is 11.6 Å². The van der Waals surface area contributed by atoms with Gasteiger partial charge in [-0.05, 0) is 43.5 Å². The summed E-state index contributed by atoms with van der Waals surface area (Å²) >= 11 is 0. The van der Waals surface area contributed by atoms with Gasteiger partial charge in [0.25, 0.3) is 5.91 Å². The Labute approximate surface area is 181 Å². The number of carbonyl (C=O) groups excluding carboxylic acids is 1. The highest BCUT2D eigenvalue weighted by atomic mass is 16.2. The molecule has 1 N–H and O–H groups in total. The van der Waals surface area contributed by atoms with Crippen LogP contribution < -0.4 is 4.90 Å². The summed E-state index contributed by atoms with van der Waals surface area (Å²) < 4.78 is 1.78. The van der Waals surface area contributed by atoms with Gasteiger partial charge in [0.05, 0.1) is 29.1 Å². The number of aromatic nitrogens is 4. The van der Waals surface area contributed by atoms with Crippen molar-refractivity contribution >= 4 is 22.6 Å². The molecule has 1 fully saturated rings. The van der Waals surface area contributed by atoms with Gasteiger partial charge in [0, 0.05) is 24.2 Å². The number of hydrogen-bond donors (Lipinski definition) is 1. The highest BCUT2D eigenvalue weighted by Crippen LogP contribution is 2.49. The Morgan fingerprint density at radius 1 is 1.06 bits per heavy atom. The van der Waals surface area contributed by atoms with Gasteiger partial charge < -0.3 is 4.98 Å². The molecule has 31 heavy (non-hydrogen) atoms. The van der Waals surface area contributed by atoms with E-state index in [-0.39, 0.29) is 11.9 Å². The number of H-pyrrole nitrogens is 1. The number of fused-ring (bicyclic) bond motifs is 2. The second-order valence-electron chi connectivity index (χ2n) is 8.14. The number of amides is 1. The van der Waals surface area contributed by atoms with Crippen molar-refractivity contribution in [3.63, 3.8) is 0 Å². The van der Waals surface area contributed by atoms with Crippen molar-refractivity contribution in [1.29, 1.82) is 0 Å². The van der Waals surface area contributed by atoms with E-state index in [1.54, 1.807) is 11.0 Å². The van der Waals surface area contributed by atoms with Crippen molar-refractivity contribution in [2.24, 2.45) is 7.05 Å². The molecule has 4 aromatic rings. The second kappa shape index (κ2) is 7.38. The summed E-state index contributed by atoms with van der Waals surface area (Å²) in [6.45, 7) is 6.08. The number of benzene rings is 2. The zero-order valence-electron chi connectivity index (χ0n) is 18.4. The first-order valence-corrected chi connectivity index (χ1v) is 11.0. The highest BCUT2D eigenvalue weighted by Gasteiger charge is 2.46. The number of anilines is 1. The predicted octanol–water partition coefficient (Wildman–Crippen LogP) is 5.26. The zero-order valence-corrected chi connectivity index (χ0v) is 18.4. The Balaban J connectivity index is 0.000000994. The Morgan fingerprint density at radius 3 is 2.52 bits per heavy atom. The van der Waals surface area contributed by atoms with Gasteiger partial charge in [-0.2, -0.15) is 5.10 Å². The SMILES string of the molecule is CC.Cc1ccc(C2c3c(C4CC4)nn(C)c3C(=O)N2c2ccc3nc[nH]c3c2)cc1. The van der Waals surface area contributed by atoms with Crippen LogP contribution in [0.5, 0.6) is 0 Å². The average Bonchev–Trinajstić information content (AvgIpc) is 3.30. The quantitative estimate of drug-likeness (QED) is 0.498. The van der Waals surface area contributed by atoms with Gasteiger partial charge in [0.2, 0.25) is 0 Å². The van der Waals surface area contributed by atoms with E-state index < -0.39 is 0 Å². The van der Waals surface area contributed by atoms with Crippen LogP contribution >= 0.6 is 0 Å². The topological polar surface area (TPSA) is 66.8 Å². The number of imidazole rings is 1. The van der Waals surface area contributed by atoms with Crippen molar-refractivity contribution in [3.05, 3.63) is 76.9 Å². The smallest absolute Gasteiger partial charge is 0.277 e. The molecule has 3 heterocycles. The molecule has 158 valence electrons. The molecule has 2 aromatic carbocycles. The van der Waals surface area contributed by atoms with Crippen LogP contribution in [0.15, 0.2) is 48.8 Å². The normalized spacial score (nSPS) is 17.6. The second-order valence-corrected chi connectivity index (χ2v) is 8.14. The number of nitrogens with one attached hydrogen (secondary N) is 1. The molecular formula is C25H27N5O. The fraction of sp³-hybridized carbons (Fsp3) is 0.320. The first-order valence-electron chi connectivity index (χ1n) is 11.0. The summed E-state index contributed by atoms with van der Waals surface area (Å²) in [6.07, 6.45) is 3.98. The summed E-state index contributed by atoms with van der Waals surface area (Å²) in [5.41, 5.74) is 7.89. The standard InChI is InChI=1S/C23H21N5O.C2H6/c1-13-3-5-15(6-4-13)21-19-20(14-7-8-14)26-27(2)22(19)23(29)28(21)16-9-10-17-18(11-16)25-12-24-17;1-2/h3-6,9-12,14,21H,7-8H2,1-2H3,(H,24,25);1-2H3. The first-order chi connectivity index (χ1) is 15.1. The van der Waals surface area contributed by atoms with Crippen LogP contribution in [0.4, 0.5) is 5.69 Å². The summed E-state index contributed by atoms with van der Waals surface area (Å²) in [6, 6.07) is 14.3. The molecule has 1 saturated carbocycles. The third-order valence-electron chi connectivity index (χ3n) is 6.10.